The molecule has 1 aromatic carbocycles. The molecule has 0 atom stereocenters. The Morgan fingerprint density at radius 3 is 1.93 bits per heavy atom. The quantitative estimate of drug-likeness (QED) is 0.602. The van der Waals surface area contributed by atoms with E-state index in [-0.39, 0.29) is 23.7 Å². The number of amides is 2. The highest BCUT2D eigenvalue weighted by atomic mass is 16.5. The third kappa shape index (κ3) is 7.41. The van der Waals surface area contributed by atoms with Gasteiger partial charge in [-0.25, -0.2) is 0 Å². The zero-order chi connectivity index (χ0) is 20.4. The van der Waals surface area contributed by atoms with Gasteiger partial charge in [0, 0.05) is 18.4 Å². The van der Waals surface area contributed by atoms with Gasteiger partial charge in [-0.05, 0) is 62.3 Å². The Balaban J connectivity index is 1.60. The molecule has 156 valence electrons. The second-order valence-corrected chi connectivity index (χ2v) is 7.84. The van der Waals surface area contributed by atoms with Crippen LogP contribution in [0.2, 0.25) is 0 Å². The summed E-state index contributed by atoms with van der Waals surface area (Å²) < 4.78 is 10.7. The molecule has 0 saturated heterocycles. The number of carbonyl (C=O) groups is 2. The molecule has 0 heterocycles. The summed E-state index contributed by atoms with van der Waals surface area (Å²) >= 11 is 0. The van der Waals surface area contributed by atoms with Crippen molar-refractivity contribution in [3.05, 3.63) is 24.3 Å². The number of hydrogen-bond donors (Lipinski definition) is 2. The minimum Gasteiger partial charge on any atom is -0.497 e. The third-order valence-corrected chi connectivity index (χ3v) is 5.22. The Bertz CT molecular complexity index is 607. The zero-order valence-corrected chi connectivity index (χ0v) is 17.3. The second kappa shape index (κ2) is 11.6. The van der Waals surface area contributed by atoms with Gasteiger partial charge in [0.05, 0.1) is 13.7 Å². The Morgan fingerprint density at radius 1 is 0.929 bits per heavy atom. The van der Waals surface area contributed by atoms with E-state index in [0.717, 1.165) is 50.1 Å². The first-order valence-corrected chi connectivity index (χ1v) is 10.3. The minimum absolute atomic E-state index is 0.000649. The van der Waals surface area contributed by atoms with E-state index < -0.39 is 0 Å². The highest BCUT2D eigenvalue weighted by molar-refractivity contribution is 5.81. The smallest absolute Gasteiger partial charge is 0.223 e. The van der Waals surface area contributed by atoms with Gasteiger partial charge in [0.2, 0.25) is 11.8 Å². The van der Waals surface area contributed by atoms with E-state index in [2.05, 4.69) is 24.5 Å². The molecule has 1 fully saturated rings. The van der Waals surface area contributed by atoms with Crippen LogP contribution in [0, 0.1) is 17.8 Å². The zero-order valence-electron chi connectivity index (χ0n) is 17.3. The van der Waals surface area contributed by atoms with Crippen LogP contribution >= 0.6 is 0 Å². The Hall–Kier alpha value is -2.24. The molecule has 0 spiro atoms. The van der Waals surface area contributed by atoms with Crippen molar-refractivity contribution in [1.29, 1.82) is 0 Å². The van der Waals surface area contributed by atoms with Crippen molar-refractivity contribution in [2.24, 2.45) is 17.8 Å². The fraction of sp³-hybridized carbons (Fsp3) is 0.636. The fourth-order valence-corrected chi connectivity index (χ4v) is 3.41. The lowest BCUT2D eigenvalue weighted by Gasteiger charge is -2.27. The Labute approximate surface area is 168 Å². The van der Waals surface area contributed by atoms with Crippen LogP contribution < -0.4 is 20.1 Å². The predicted molar refractivity (Wildman–Crippen MR) is 109 cm³/mol. The lowest BCUT2D eigenvalue weighted by Crippen LogP contribution is -2.38. The third-order valence-electron chi connectivity index (χ3n) is 5.22. The van der Waals surface area contributed by atoms with Crippen LogP contribution in [0.25, 0.3) is 0 Å². The van der Waals surface area contributed by atoms with E-state index >= 15 is 0 Å². The summed E-state index contributed by atoms with van der Waals surface area (Å²) in [7, 11) is 1.62. The molecule has 6 nitrogen and oxygen atoms in total. The molecule has 2 rings (SSSR count). The number of rotatable bonds is 10. The van der Waals surface area contributed by atoms with Crippen LogP contribution in [0.4, 0.5) is 0 Å². The minimum atomic E-state index is 0.000649. The molecular weight excluding hydrogens is 356 g/mol. The van der Waals surface area contributed by atoms with Crippen LogP contribution in [0.15, 0.2) is 24.3 Å². The molecule has 1 aliphatic carbocycles. The van der Waals surface area contributed by atoms with E-state index in [1.165, 1.54) is 0 Å². The van der Waals surface area contributed by atoms with Gasteiger partial charge >= 0.3 is 0 Å². The van der Waals surface area contributed by atoms with Gasteiger partial charge in [-0.3, -0.25) is 9.59 Å². The van der Waals surface area contributed by atoms with E-state index in [1.54, 1.807) is 7.11 Å². The largest absolute Gasteiger partial charge is 0.497 e. The van der Waals surface area contributed by atoms with Crippen LogP contribution in [0.1, 0.15) is 46.0 Å². The monoisotopic (exact) mass is 390 g/mol. The molecule has 0 unspecified atom stereocenters. The SMILES string of the molecule is COc1ccc(OCCNC(=O)C2CCC(C(=O)NCCC(C)C)CC2)cc1. The summed E-state index contributed by atoms with van der Waals surface area (Å²) in [6.07, 6.45) is 4.12. The Kier molecular flexibility index (Phi) is 9.11. The molecule has 1 aliphatic rings. The van der Waals surface area contributed by atoms with E-state index in [0.29, 0.717) is 19.1 Å². The molecule has 2 N–H and O–H groups in total. The number of benzene rings is 1. The van der Waals surface area contributed by atoms with Crippen molar-refractivity contribution in [3.63, 3.8) is 0 Å². The van der Waals surface area contributed by atoms with Crippen molar-refractivity contribution < 1.29 is 19.1 Å². The van der Waals surface area contributed by atoms with Crippen LogP contribution in [-0.4, -0.2) is 38.6 Å². The summed E-state index contributed by atoms with van der Waals surface area (Å²) in [6.45, 7) is 5.94. The van der Waals surface area contributed by atoms with Gasteiger partial charge in [-0.1, -0.05) is 13.8 Å². The van der Waals surface area contributed by atoms with Gasteiger partial charge in [-0.15, -0.1) is 0 Å². The molecule has 2 amide bonds. The first-order chi connectivity index (χ1) is 13.5. The summed E-state index contributed by atoms with van der Waals surface area (Å²) in [6, 6.07) is 7.36. The maximum Gasteiger partial charge on any atom is 0.223 e. The summed E-state index contributed by atoms with van der Waals surface area (Å²) in [5.74, 6) is 2.39. The maximum absolute atomic E-state index is 12.3. The maximum atomic E-state index is 12.3. The van der Waals surface area contributed by atoms with Gasteiger partial charge in [-0.2, -0.15) is 0 Å². The molecule has 1 aromatic rings. The number of nitrogens with one attached hydrogen (secondary N) is 2. The van der Waals surface area contributed by atoms with Crippen molar-refractivity contribution in [1.82, 2.24) is 10.6 Å². The number of hydrogen-bond acceptors (Lipinski definition) is 4. The summed E-state index contributed by atoms with van der Waals surface area (Å²) in [4.78, 5) is 24.5. The normalized spacial score (nSPS) is 19.1. The number of carbonyl (C=O) groups excluding carboxylic acids is 2. The van der Waals surface area contributed by atoms with Gasteiger partial charge in [0.25, 0.3) is 0 Å². The van der Waals surface area contributed by atoms with Crippen molar-refractivity contribution >= 4 is 11.8 Å². The first kappa shape index (κ1) is 22.1. The van der Waals surface area contributed by atoms with Crippen LogP contribution in [0.5, 0.6) is 11.5 Å². The van der Waals surface area contributed by atoms with Gasteiger partial charge < -0.3 is 20.1 Å². The van der Waals surface area contributed by atoms with E-state index in [9.17, 15) is 9.59 Å². The fourth-order valence-electron chi connectivity index (χ4n) is 3.41. The molecule has 0 aromatic heterocycles. The topological polar surface area (TPSA) is 76.7 Å². The molecule has 28 heavy (non-hydrogen) atoms. The summed E-state index contributed by atoms with van der Waals surface area (Å²) in [5, 5.41) is 5.98. The lowest BCUT2D eigenvalue weighted by atomic mass is 9.81. The first-order valence-electron chi connectivity index (χ1n) is 10.3. The standard InChI is InChI=1S/C22H34N2O4/c1-16(2)12-13-23-21(25)17-4-6-18(7-5-17)22(26)24-14-15-28-20-10-8-19(27-3)9-11-20/h8-11,16-18H,4-7,12-15H2,1-3H3,(H,23,25)(H,24,26). The van der Waals surface area contributed by atoms with E-state index in [4.69, 9.17) is 9.47 Å². The molecule has 6 heteroatoms. The number of ether oxygens (including phenoxy) is 2. The molecular formula is C22H34N2O4. The van der Waals surface area contributed by atoms with Crippen LogP contribution in [-0.2, 0) is 9.59 Å². The summed E-state index contributed by atoms with van der Waals surface area (Å²) in [5.41, 5.74) is 0. The molecule has 1 saturated carbocycles. The highest BCUT2D eigenvalue weighted by Crippen LogP contribution is 2.29. The van der Waals surface area contributed by atoms with Crippen molar-refractivity contribution in [3.8, 4) is 11.5 Å². The average Bonchev–Trinajstić information content (AvgIpc) is 2.71. The molecule has 0 aliphatic heterocycles. The predicted octanol–water partition coefficient (Wildman–Crippen LogP) is 3.16. The van der Waals surface area contributed by atoms with E-state index in [1.807, 2.05) is 24.3 Å². The second-order valence-electron chi connectivity index (χ2n) is 7.84. The molecule has 0 bridgehead atoms. The number of methoxy groups -OCH3 is 1. The van der Waals surface area contributed by atoms with Crippen molar-refractivity contribution in [2.75, 3.05) is 26.8 Å². The van der Waals surface area contributed by atoms with Crippen molar-refractivity contribution in [2.45, 2.75) is 46.0 Å². The average molecular weight is 391 g/mol. The van der Waals surface area contributed by atoms with Crippen LogP contribution in [0.3, 0.4) is 0 Å². The Morgan fingerprint density at radius 2 is 1.43 bits per heavy atom. The van der Waals surface area contributed by atoms with Gasteiger partial charge in [0.1, 0.15) is 18.1 Å². The van der Waals surface area contributed by atoms with Gasteiger partial charge in [0.15, 0.2) is 0 Å². The highest BCUT2D eigenvalue weighted by Gasteiger charge is 2.29. The lowest BCUT2D eigenvalue weighted by molar-refractivity contribution is -0.130. The molecule has 0 radical (unpaired) electrons.